The van der Waals surface area contributed by atoms with Gasteiger partial charge in [-0.25, -0.2) is 0 Å². The van der Waals surface area contributed by atoms with E-state index in [2.05, 4.69) is 4.90 Å². The molecule has 1 aromatic rings. The predicted molar refractivity (Wildman–Crippen MR) is 76.7 cm³/mol. The van der Waals surface area contributed by atoms with E-state index in [4.69, 9.17) is 10.5 Å². The van der Waals surface area contributed by atoms with Gasteiger partial charge in [-0.15, -0.1) is 0 Å². The van der Waals surface area contributed by atoms with Crippen LogP contribution >= 0.6 is 0 Å². The maximum Gasteiger partial charge on any atom is 0.401 e. The zero-order chi connectivity index (χ0) is 15.5. The van der Waals surface area contributed by atoms with Crippen LogP contribution < -0.4 is 15.4 Å². The molecular weight excluding hydrogens is 283 g/mol. The maximum absolute atomic E-state index is 12.4. The highest BCUT2D eigenvalue weighted by Gasteiger charge is 2.32. The number of hydrogen-bond acceptors (Lipinski definition) is 4. The number of nitrogens with zero attached hydrogens (tertiary/aromatic N) is 2. The molecule has 0 atom stereocenters. The van der Waals surface area contributed by atoms with Crippen molar-refractivity contribution >= 4 is 11.4 Å². The number of rotatable bonds is 4. The van der Waals surface area contributed by atoms with Gasteiger partial charge in [0.2, 0.25) is 0 Å². The molecule has 0 radical (unpaired) electrons. The van der Waals surface area contributed by atoms with Gasteiger partial charge >= 0.3 is 6.18 Å². The molecule has 1 fully saturated rings. The van der Waals surface area contributed by atoms with Crippen LogP contribution in [0.4, 0.5) is 24.5 Å². The average Bonchev–Trinajstić information content (AvgIpc) is 2.41. The first-order valence-corrected chi connectivity index (χ1v) is 6.95. The Morgan fingerprint density at radius 2 is 1.86 bits per heavy atom. The summed E-state index contributed by atoms with van der Waals surface area (Å²) in [5.74, 6) is 0.618. The number of alkyl halides is 3. The van der Waals surface area contributed by atoms with Crippen LogP contribution in [0.2, 0.25) is 0 Å². The second kappa shape index (κ2) is 6.43. The first-order valence-electron chi connectivity index (χ1n) is 6.95. The molecule has 2 N–H and O–H groups in total. The van der Waals surface area contributed by atoms with Gasteiger partial charge in [0, 0.05) is 37.9 Å². The molecule has 0 spiro atoms. The summed E-state index contributed by atoms with van der Waals surface area (Å²) in [4.78, 5) is 3.48. The van der Waals surface area contributed by atoms with Crippen molar-refractivity contribution in [2.75, 3.05) is 50.0 Å². The van der Waals surface area contributed by atoms with Crippen LogP contribution in [-0.2, 0) is 0 Å². The summed E-state index contributed by atoms with van der Waals surface area (Å²) in [6.07, 6.45) is -4.13. The molecule has 7 heteroatoms. The van der Waals surface area contributed by atoms with Crippen LogP contribution in [0.15, 0.2) is 18.2 Å². The molecule has 1 aromatic carbocycles. The monoisotopic (exact) mass is 303 g/mol. The first kappa shape index (κ1) is 15.8. The fraction of sp³-hybridized carbons (Fsp3) is 0.571. The third kappa shape index (κ3) is 4.42. The van der Waals surface area contributed by atoms with E-state index in [9.17, 15) is 13.2 Å². The Labute approximate surface area is 122 Å². The normalized spacial score (nSPS) is 17.0. The number of benzene rings is 1. The molecule has 21 heavy (non-hydrogen) atoms. The van der Waals surface area contributed by atoms with Crippen LogP contribution in [0.1, 0.15) is 6.92 Å². The van der Waals surface area contributed by atoms with Crippen molar-refractivity contribution in [2.45, 2.75) is 13.1 Å². The predicted octanol–water partition coefficient (Wildman–Crippen LogP) is 2.35. The topological polar surface area (TPSA) is 41.7 Å². The Hall–Kier alpha value is -1.63. The average molecular weight is 303 g/mol. The summed E-state index contributed by atoms with van der Waals surface area (Å²) < 4.78 is 42.5. The molecule has 0 saturated carbocycles. The van der Waals surface area contributed by atoms with Gasteiger partial charge in [-0.05, 0) is 19.1 Å². The number of nitrogens with two attached hydrogens (primary N) is 1. The van der Waals surface area contributed by atoms with Crippen molar-refractivity contribution in [3.8, 4) is 5.75 Å². The summed E-state index contributed by atoms with van der Waals surface area (Å²) in [7, 11) is 0. The highest BCUT2D eigenvalue weighted by Crippen LogP contribution is 2.28. The third-order valence-electron chi connectivity index (χ3n) is 3.44. The molecule has 0 amide bonds. The van der Waals surface area contributed by atoms with Gasteiger partial charge in [-0.1, -0.05) is 0 Å². The molecule has 0 aliphatic carbocycles. The second-order valence-corrected chi connectivity index (χ2v) is 5.03. The fourth-order valence-corrected chi connectivity index (χ4v) is 2.42. The lowest BCUT2D eigenvalue weighted by atomic mass is 10.2. The number of nitrogen functional groups attached to an aromatic ring is 1. The van der Waals surface area contributed by atoms with Gasteiger partial charge < -0.3 is 15.4 Å². The van der Waals surface area contributed by atoms with Crippen LogP contribution in [0.3, 0.4) is 0 Å². The molecular formula is C14H20F3N3O. The quantitative estimate of drug-likeness (QED) is 0.867. The lowest BCUT2D eigenvalue weighted by molar-refractivity contribution is -0.146. The summed E-state index contributed by atoms with van der Waals surface area (Å²) in [5, 5.41) is 0. The molecule has 118 valence electrons. The van der Waals surface area contributed by atoms with E-state index in [0.29, 0.717) is 44.2 Å². The Bertz CT molecular complexity index is 471. The van der Waals surface area contributed by atoms with Gasteiger partial charge in [0.05, 0.1) is 18.8 Å². The number of halogens is 3. The summed E-state index contributed by atoms with van der Waals surface area (Å²) in [6.45, 7) is 3.47. The Morgan fingerprint density at radius 3 is 2.43 bits per heavy atom. The van der Waals surface area contributed by atoms with Crippen molar-refractivity contribution < 1.29 is 17.9 Å². The third-order valence-corrected chi connectivity index (χ3v) is 3.44. The lowest BCUT2D eigenvalue weighted by Crippen LogP contribution is -2.49. The highest BCUT2D eigenvalue weighted by atomic mass is 19.4. The van der Waals surface area contributed by atoms with Crippen molar-refractivity contribution in [3.05, 3.63) is 18.2 Å². The van der Waals surface area contributed by atoms with Gasteiger partial charge in [-0.2, -0.15) is 13.2 Å². The van der Waals surface area contributed by atoms with E-state index < -0.39 is 12.7 Å². The molecule has 1 aliphatic heterocycles. The van der Waals surface area contributed by atoms with Gasteiger partial charge in [0.25, 0.3) is 0 Å². The van der Waals surface area contributed by atoms with E-state index in [1.165, 1.54) is 4.90 Å². The number of hydrogen-bond donors (Lipinski definition) is 1. The highest BCUT2D eigenvalue weighted by molar-refractivity contribution is 5.62. The second-order valence-electron chi connectivity index (χ2n) is 5.03. The van der Waals surface area contributed by atoms with E-state index in [-0.39, 0.29) is 0 Å². The number of ether oxygens (including phenoxy) is 1. The van der Waals surface area contributed by atoms with E-state index in [1.807, 2.05) is 19.1 Å². The first-order chi connectivity index (χ1) is 9.89. The Morgan fingerprint density at radius 1 is 1.19 bits per heavy atom. The van der Waals surface area contributed by atoms with Crippen LogP contribution in [0, 0.1) is 0 Å². The minimum absolute atomic E-state index is 0.397. The molecule has 1 heterocycles. The molecule has 1 saturated heterocycles. The fourth-order valence-electron chi connectivity index (χ4n) is 2.42. The van der Waals surface area contributed by atoms with Gasteiger partial charge in [0.1, 0.15) is 5.75 Å². The molecule has 0 aromatic heterocycles. The SMILES string of the molecule is CCOc1cc(N2CCN(CC(F)(F)F)CC2)ccc1N. The summed E-state index contributed by atoms with van der Waals surface area (Å²) >= 11 is 0. The zero-order valence-corrected chi connectivity index (χ0v) is 12.0. The Kier molecular flexibility index (Phi) is 4.82. The van der Waals surface area contributed by atoms with Gasteiger partial charge in [0.15, 0.2) is 0 Å². The van der Waals surface area contributed by atoms with Crippen molar-refractivity contribution in [3.63, 3.8) is 0 Å². The standard InChI is InChI=1S/C14H20F3N3O/c1-2-21-13-9-11(3-4-12(13)18)20-7-5-19(6-8-20)10-14(15,16)17/h3-4,9H,2,5-8,10,18H2,1H3. The minimum atomic E-state index is -4.13. The molecule has 1 aliphatic rings. The van der Waals surface area contributed by atoms with Gasteiger partial charge in [-0.3, -0.25) is 4.90 Å². The minimum Gasteiger partial charge on any atom is -0.492 e. The van der Waals surface area contributed by atoms with Crippen LogP contribution in [-0.4, -0.2) is 50.4 Å². The van der Waals surface area contributed by atoms with Crippen LogP contribution in [0.5, 0.6) is 5.75 Å². The zero-order valence-electron chi connectivity index (χ0n) is 12.0. The Balaban J connectivity index is 1.97. The van der Waals surface area contributed by atoms with Crippen LogP contribution in [0.25, 0.3) is 0 Å². The smallest absolute Gasteiger partial charge is 0.401 e. The molecule has 0 unspecified atom stereocenters. The molecule has 4 nitrogen and oxygen atoms in total. The molecule has 0 bridgehead atoms. The summed E-state index contributed by atoms with van der Waals surface area (Å²) in [6, 6.07) is 5.48. The largest absolute Gasteiger partial charge is 0.492 e. The summed E-state index contributed by atoms with van der Waals surface area (Å²) in [5.41, 5.74) is 7.32. The van der Waals surface area contributed by atoms with E-state index >= 15 is 0 Å². The molecule has 2 rings (SSSR count). The van der Waals surface area contributed by atoms with Crippen molar-refractivity contribution in [1.82, 2.24) is 4.90 Å². The van der Waals surface area contributed by atoms with E-state index in [0.717, 1.165) is 5.69 Å². The van der Waals surface area contributed by atoms with Crippen molar-refractivity contribution in [2.24, 2.45) is 0 Å². The van der Waals surface area contributed by atoms with E-state index in [1.54, 1.807) is 6.07 Å². The maximum atomic E-state index is 12.4. The lowest BCUT2D eigenvalue weighted by Gasteiger charge is -2.36. The number of anilines is 2. The van der Waals surface area contributed by atoms with Crippen molar-refractivity contribution in [1.29, 1.82) is 0 Å². The number of piperazine rings is 1.